The molecule has 2 fully saturated rings. The second-order valence-electron chi connectivity index (χ2n) is 11.3. The van der Waals surface area contributed by atoms with E-state index < -0.39 is 33.6 Å². The second kappa shape index (κ2) is 11.7. The molecule has 1 aromatic carbocycles. The predicted octanol–water partition coefficient (Wildman–Crippen LogP) is 5.54. The highest BCUT2D eigenvalue weighted by Gasteiger charge is 2.31. The van der Waals surface area contributed by atoms with Crippen LogP contribution in [0, 0.1) is 24.4 Å². The Bertz CT molecular complexity index is 1830. The van der Waals surface area contributed by atoms with Crippen molar-refractivity contribution in [3.63, 3.8) is 0 Å². The number of aromatic nitrogens is 3. The standard InChI is InChI=1S/C30H30F4N6O3S/c1-17-5-7-22(8-6-17)44(42,43)40-16-24(23-11-19(32)14-35-29(23)40)27-25(33)13-26(34)28(38-27)36-20-3-2-4-21(12-20)37-30(41)39-10-9-18(31)15-39/h5-8,11,13-14,16,18,20-21H,2-4,9-10,12,15H2,1H3,(H,36,38)(H,37,41)/t18-,20?,21?/m0/s1. The number of aryl methyl sites for hydroxylation is 1. The van der Waals surface area contributed by atoms with Crippen LogP contribution in [0.2, 0.25) is 0 Å². The summed E-state index contributed by atoms with van der Waals surface area (Å²) in [5.74, 6) is -3.10. The molecule has 4 heterocycles. The van der Waals surface area contributed by atoms with Crippen molar-refractivity contribution in [3.05, 3.63) is 71.8 Å². The van der Waals surface area contributed by atoms with Gasteiger partial charge < -0.3 is 15.5 Å². The number of rotatable bonds is 6. The summed E-state index contributed by atoms with van der Waals surface area (Å²) < 4.78 is 86.2. The number of hydrogen-bond acceptors (Lipinski definition) is 6. The molecule has 2 aliphatic rings. The summed E-state index contributed by atoms with van der Waals surface area (Å²) in [5.41, 5.74) is 0.214. The van der Waals surface area contributed by atoms with Gasteiger partial charge in [0.2, 0.25) is 0 Å². The number of halogens is 4. The van der Waals surface area contributed by atoms with Gasteiger partial charge in [-0.3, -0.25) is 0 Å². The molecule has 0 spiro atoms. The molecular weight excluding hydrogens is 600 g/mol. The maximum atomic E-state index is 15.3. The van der Waals surface area contributed by atoms with E-state index in [1.165, 1.54) is 17.0 Å². The van der Waals surface area contributed by atoms with Crippen molar-refractivity contribution in [2.45, 2.75) is 62.2 Å². The Morgan fingerprint density at radius 2 is 1.77 bits per heavy atom. The molecule has 2 amide bonds. The highest BCUT2D eigenvalue weighted by molar-refractivity contribution is 7.90. The van der Waals surface area contributed by atoms with Crippen LogP contribution in [0.15, 0.2) is 53.7 Å². The van der Waals surface area contributed by atoms with Crippen LogP contribution in [0.4, 0.5) is 28.2 Å². The third kappa shape index (κ3) is 5.82. The molecule has 0 radical (unpaired) electrons. The smallest absolute Gasteiger partial charge is 0.317 e. The summed E-state index contributed by atoms with van der Waals surface area (Å²) in [6, 6.07) is 6.83. The van der Waals surface area contributed by atoms with Crippen molar-refractivity contribution in [2.24, 2.45) is 0 Å². The Morgan fingerprint density at radius 3 is 2.50 bits per heavy atom. The van der Waals surface area contributed by atoms with E-state index in [0.717, 1.165) is 28.0 Å². The third-order valence-corrected chi connectivity index (χ3v) is 9.77. The number of nitrogens with one attached hydrogen (secondary N) is 2. The number of hydrogen-bond donors (Lipinski definition) is 2. The topological polar surface area (TPSA) is 109 Å². The van der Waals surface area contributed by atoms with Crippen molar-refractivity contribution in [1.82, 2.24) is 24.2 Å². The Morgan fingerprint density at radius 1 is 1.02 bits per heavy atom. The summed E-state index contributed by atoms with van der Waals surface area (Å²) in [7, 11) is -4.23. The molecule has 2 unspecified atom stereocenters. The first-order valence-electron chi connectivity index (χ1n) is 14.3. The lowest BCUT2D eigenvalue weighted by Gasteiger charge is -2.32. The van der Waals surface area contributed by atoms with Crippen LogP contribution < -0.4 is 10.6 Å². The Kier molecular flexibility index (Phi) is 7.95. The molecule has 4 aromatic rings. The predicted molar refractivity (Wildman–Crippen MR) is 156 cm³/mol. The van der Waals surface area contributed by atoms with Crippen LogP contribution in [0.25, 0.3) is 22.3 Å². The van der Waals surface area contributed by atoms with Crippen LogP contribution in [-0.4, -0.2) is 64.6 Å². The number of nitrogens with zero attached hydrogens (tertiary/aromatic N) is 4. The largest absolute Gasteiger partial charge is 0.365 e. The number of benzene rings is 1. The highest BCUT2D eigenvalue weighted by Crippen LogP contribution is 2.35. The number of alkyl halides is 1. The van der Waals surface area contributed by atoms with Gasteiger partial charge in [-0.15, -0.1) is 0 Å². The SMILES string of the molecule is Cc1ccc(S(=O)(=O)n2cc(-c3nc(NC4CCCC(NC(=O)N5CC[C@H](F)C5)C4)c(F)cc3F)c3cc(F)cnc32)cc1. The number of likely N-dealkylation sites (tertiary alicyclic amines) is 1. The Labute approximate surface area is 251 Å². The van der Waals surface area contributed by atoms with Crippen molar-refractivity contribution < 1.29 is 30.8 Å². The average molecular weight is 631 g/mol. The van der Waals surface area contributed by atoms with Crippen LogP contribution in [0.3, 0.4) is 0 Å². The summed E-state index contributed by atoms with van der Waals surface area (Å²) in [4.78, 5) is 22.1. The molecule has 3 aromatic heterocycles. The molecule has 6 rings (SSSR count). The zero-order valence-electron chi connectivity index (χ0n) is 23.7. The maximum Gasteiger partial charge on any atom is 0.317 e. The Balaban J connectivity index is 1.30. The minimum atomic E-state index is -4.23. The number of urea groups is 1. The summed E-state index contributed by atoms with van der Waals surface area (Å²) in [6.07, 6.45) is 3.67. The van der Waals surface area contributed by atoms with Gasteiger partial charge in [-0.05, 0) is 57.2 Å². The van der Waals surface area contributed by atoms with E-state index in [1.807, 2.05) is 0 Å². The molecule has 1 aliphatic heterocycles. The molecule has 3 atom stereocenters. The number of carbonyl (C=O) groups excluding carboxylic acids is 1. The fourth-order valence-electron chi connectivity index (χ4n) is 5.82. The Hall–Kier alpha value is -4.20. The summed E-state index contributed by atoms with van der Waals surface area (Å²) >= 11 is 0. The van der Waals surface area contributed by atoms with E-state index >= 15 is 8.78 Å². The van der Waals surface area contributed by atoms with Gasteiger partial charge in [0.05, 0.1) is 17.6 Å². The van der Waals surface area contributed by atoms with Crippen molar-refractivity contribution in [3.8, 4) is 11.3 Å². The van der Waals surface area contributed by atoms with Crippen molar-refractivity contribution in [2.75, 3.05) is 18.4 Å². The number of amides is 2. The second-order valence-corrected chi connectivity index (χ2v) is 13.1. The van der Waals surface area contributed by atoms with E-state index in [2.05, 4.69) is 20.6 Å². The fourth-order valence-corrected chi connectivity index (χ4v) is 7.14. The van der Waals surface area contributed by atoms with Crippen LogP contribution in [-0.2, 0) is 10.0 Å². The first-order valence-corrected chi connectivity index (χ1v) is 15.7. The lowest BCUT2D eigenvalue weighted by Crippen LogP contribution is -2.47. The normalized spacial score (nSPS) is 20.7. The molecule has 44 heavy (non-hydrogen) atoms. The number of carbonyl (C=O) groups is 1. The number of pyridine rings is 2. The summed E-state index contributed by atoms with van der Waals surface area (Å²) in [5, 5.41) is 5.90. The molecule has 1 aliphatic carbocycles. The van der Waals surface area contributed by atoms with E-state index in [-0.39, 0.29) is 57.7 Å². The molecule has 232 valence electrons. The lowest BCUT2D eigenvalue weighted by molar-refractivity contribution is 0.195. The third-order valence-electron chi connectivity index (χ3n) is 8.10. The first kappa shape index (κ1) is 29.9. The van der Waals surface area contributed by atoms with Gasteiger partial charge in [0.1, 0.15) is 17.7 Å². The van der Waals surface area contributed by atoms with E-state index in [1.54, 1.807) is 19.1 Å². The number of anilines is 1. The van der Waals surface area contributed by atoms with Crippen molar-refractivity contribution in [1.29, 1.82) is 0 Å². The van der Waals surface area contributed by atoms with E-state index in [4.69, 9.17) is 0 Å². The molecule has 0 bridgehead atoms. The van der Waals surface area contributed by atoms with Gasteiger partial charge in [-0.1, -0.05) is 17.7 Å². The minimum Gasteiger partial charge on any atom is -0.365 e. The van der Waals surface area contributed by atoms with Gasteiger partial charge in [0.25, 0.3) is 10.0 Å². The van der Waals surface area contributed by atoms with Gasteiger partial charge in [-0.2, -0.15) is 0 Å². The lowest BCUT2D eigenvalue weighted by atomic mass is 9.91. The van der Waals surface area contributed by atoms with E-state index in [0.29, 0.717) is 44.7 Å². The summed E-state index contributed by atoms with van der Waals surface area (Å²) in [6.45, 7) is 2.20. The quantitative estimate of drug-likeness (QED) is 0.271. The van der Waals surface area contributed by atoms with Gasteiger partial charge in [0.15, 0.2) is 23.1 Å². The molecule has 2 N–H and O–H groups in total. The minimum absolute atomic E-state index is 0.0254. The zero-order chi connectivity index (χ0) is 31.2. The van der Waals surface area contributed by atoms with Crippen LogP contribution in [0.5, 0.6) is 0 Å². The molecule has 14 heteroatoms. The van der Waals surface area contributed by atoms with Gasteiger partial charge in [0, 0.05) is 41.8 Å². The fraction of sp³-hybridized carbons (Fsp3) is 0.367. The number of fused-ring (bicyclic) bond motifs is 1. The van der Waals surface area contributed by atoms with E-state index in [9.17, 15) is 22.0 Å². The maximum absolute atomic E-state index is 15.3. The molecule has 1 saturated carbocycles. The molecule has 1 saturated heterocycles. The zero-order valence-corrected chi connectivity index (χ0v) is 24.6. The molecular formula is C30H30F4N6O3S. The average Bonchev–Trinajstić information content (AvgIpc) is 3.59. The van der Waals surface area contributed by atoms with Crippen molar-refractivity contribution >= 4 is 32.9 Å². The van der Waals surface area contributed by atoms with Gasteiger partial charge in [-0.25, -0.2) is 44.7 Å². The first-order chi connectivity index (χ1) is 21.0. The van der Waals surface area contributed by atoms with Crippen LogP contribution in [0.1, 0.15) is 37.7 Å². The highest BCUT2D eigenvalue weighted by atomic mass is 32.2. The molecule has 9 nitrogen and oxygen atoms in total. The monoisotopic (exact) mass is 630 g/mol. The van der Waals surface area contributed by atoms with Crippen LogP contribution >= 0.6 is 0 Å². The van der Waals surface area contributed by atoms with Gasteiger partial charge >= 0.3 is 6.03 Å².